The standard InChI is InChI=1S/C15H13ClO4S/c16-6-1-3-7(4-2-6)21-13-9-5-8-11(10(9)14(17)18)15(19)20-12(8)13/h1-4,8-13H,5H2,(H,17,18)/t8-,9-,10+,11-,12-,13+/m0/s1. The molecular weight excluding hydrogens is 312 g/mol. The summed E-state index contributed by atoms with van der Waals surface area (Å²) in [6.07, 6.45) is 0.646. The zero-order chi connectivity index (χ0) is 14.7. The molecule has 2 saturated carbocycles. The topological polar surface area (TPSA) is 63.6 Å². The molecule has 6 atom stereocenters. The summed E-state index contributed by atoms with van der Waals surface area (Å²) in [7, 11) is 0. The van der Waals surface area contributed by atoms with Crippen molar-refractivity contribution in [2.24, 2.45) is 23.7 Å². The summed E-state index contributed by atoms with van der Waals surface area (Å²) in [5, 5.41) is 10.2. The molecule has 2 bridgehead atoms. The number of carbonyl (C=O) groups is 2. The van der Waals surface area contributed by atoms with Crippen molar-refractivity contribution < 1.29 is 19.4 Å². The normalized spacial score (nSPS) is 39.6. The van der Waals surface area contributed by atoms with E-state index in [1.54, 1.807) is 11.8 Å². The second-order valence-electron chi connectivity index (χ2n) is 5.89. The van der Waals surface area contributed by atoms with E-state index in [9.17, 15) is 14.7 Å². The molecule has 0 spiro atoms. The van der Waals surface area contributed by atoms with Crippen LogP contribution in [-0.2, 0) is 14.3 Å². The Labute approximate surface area is 130 Å². The molecule has 0 aromatic heterocycles. The van der Waals surface area contributed by atoms with Crippen LogP contribution in [0.2, 0.25) is 5.02 Å². The van der Waals surface area contributed by atoms with Gasteiger partial charge in [-0.1, -0.05) is 11.6 Å². The first-order chi connectivity index (χ1) is 10.1. The number of aliphatic carboxylic acids is 1. The van der Waals surface area contributed by atoms with Crippen LogP contribution in [0.25, 0.3) is 0 Å². The van der Waals surface area contributed by atoms with Gasteiger partial charge < -0.3 is 9.84 Å². The summed E-state index contributed by atoms with van der Waals surface area (Å²) < 4.78 is 5.48. The predicted molar refractivity (Wildman–Crippen MR) is 77.2 cm³/mol. The molecule has 2 aliphatic carbocycles. The number of rotatable bonds is 3. The van der Waals surface area contributed by atoms with Crippen molar-refractivity contribution in [3.05, 3.63) is 29.3 Å². The quantitative estimate of drug-likeness (QED) is 0.866. The van der Waals surface area contributed by atoms with E-state index in [1.165, 1.54) is 0 Å². The molecule has 1 heterocycles. The van der Waals surface area contributed by atoms with Crippen LogP contribution in [0, 0.1) is 23.7 Å². The number of hydrogen-bond donors (Lipinski definition) is 1. The van der Waals surface area contributed by atoms with E-state index in [0.717, 1.165) is 11.3 Å². The molecule has 4 rings (SSSR count). The highest BCUT2D eigenvalue weighted by Crippen LogP contribution is 2.61. The Morgan fingerprint density at radius 1 is 1.29 bits per heavy atom. The largest absolute Gasteiger partial charge is 0.481 e. The highest BCUT2D eigenvalue weighted by atomic mass is 35.5. The van der Waals surface area contributed by atoms with Gasteiger partial charge in [-0.15, -0.1) is 11.8 Å². The van der Waals surface area contributed by atoms with Gasteiger partial charge in [0, 0.05) is 15.8 Å². The molecule has 1 aromatic carbocycles. The number of carboxylic acid groups (broad SMARTS) is 1. The number of benzene rings is 1. The number of fused-ring (bicyclic) bond motifs is 1. The molecule has 3 aliphatic rings. The van der Waals surface area contributed by atoms with Crippen LogP contribution in [0.1, 0.15) is 6.42 Å². The van der Waals surface area contributed by atoms with Crippen molar-refractivity contribution in [3.8, 4) is 0 Å². The first kappa shape index (κ1) is 13.5. The number of thioether (sulfide) groups is 1. The molecule has 0 radical (unpaired) electrons. The summed E-state index contributed by atoms with van der Waals surface area (Å²) >= 11 is 7.49. The Morgan fingerprint density at radius 2 is 2.00 bits per heavy atom. The van der Waals surface area contributed by atoms with Crippen LogP contribution in [-0.4, -0.2) is 28.4 Å². The van der Waals surface area contributed by atoms with Gasteiger partial charge in [0.2, 0.25) is 0 Å². The number of halogens is 1. The number of carboxylic acids is 1. The Balaban J connectivity index is 1.63. The van der Waals surface area contributed by atoms with Crippen LogP contribution in [0.5, 0.6) is 0 Å². The highest BCUT2D eigenvalue weighted by Gasteiger charge is 2.68. The minimum absolute atomic E-state index is 0.00891. The molecule has 110 valence electrons. The number of esters is 1. The van der Waals surface area contributed by atoms with E-state index in [4.69, 9.17) is 16.3 Å². The van der Waals surface area contributed by atoms with Crippen LogP contribution in [0.4, 0.5) is 0 Å². The maximum Gasteiger partial charge on any atom is 0.310 e. The van der Waals surface area contributed by atoms with E-state index in [0.29, 0.717) is 5.02 Å². The Hall–Kier alpha value is -1.20. The van der Waals surface area contributed by atoms with Gasteiger partial charge in [-0.2, -0.15) is 0 Å². The maximum atomic E-state index is 11.9. The molecule has 1 saturated heterocycles. The van der Waals surface area contributed by atoms with Gasteiger partial charge in [-0.25, -0.2) is 0 Å². The van der Waals surface area contributed by atoms with Crippen molar-refractivity contribution in [1.29, 1.82) is 0 Å². The number of carbonyl (C=O) groups excluding carboxylic acids is 1. The summed E-state index contributed by atoms with van der Waals surface area (Å²) in [6, 6.07) is 7.47. The Morgan fingerprint density at radius 3 is 2.67 bits per heavy atom. The number of ether oxygens (including phenoxy) is 1. The molecule has 1 aliphatic heterocycles. The van der Waals surface area contributed by atoms with E-state index in [2.05, 4.69) is 0 Å². The lowest BCUT2D eigenvalue weighted by molar-refractivity contribution is -0.151. The molecule has 0 unspecified atom stereocenters. The van der Waals surface area contributed by atoms with Crippen molar-refractivity contribution in [3.63, 3.8) is 0 Å². The number of hydrogen-bond acceptors (Lipinski definition) is 4. The average Bonchev–Trinajstić information content (AvgIpc) is 3.04. The highest BCUT2D eigenvalue weighted by molar-refractivity contribution is 8.00. The van der Waals surface area contributed by atoms with Gasteiger partial charge in [-0.05, 0) is 36.6 Å². The molecule has 6 heteroatoms. The smallest absolute Gasteiger partial charge is 0.310 e. The van der Waals surface area contributed by atoms with Crippen LogP contribution < -0.4 is 0 Å². The lowest BCUT2D eigenvalue weighted by Gasteiger charge is -2.29. The minimum Gasteiger partial charge on any atom is -0.481 e. The summed E-state index contributed by atoms with van der Waals surface area (Å²) in [4.78, 5) is 24.5. The zero-order valence-corrected chi connectivity index (χ0v) is 12.5. The van der Waals surface area contributed by atoms with Gasteiger partial charge in [0.05, 0.1) is 17.1 Å². The third kappa shape index (κ3) is 1.90. The second kappa shape index (κ2) is 4.65. The molecule has 3 fully saturated rings. The van der Waals surface area contributed by atoms with E-state index >= 15 is 0 Å². The Kier molecular flexibility index (Phi) is 2.98. The zero-order valence-electron chi connectivity index (χ0n) is 10.9. The van der Waals surface area contributed by atoms with Gasteiger partial charge in [0.1, 0.15) is 6.10 Å². The molecule has 0 amide bonds. The fourth-order valence-electron chi connectivity index (χ4n) is 4.15. The lowest BCUT2D eigenvalue weighted by Crippen LogP contribution is -2.39. The van der Waals surface area contributed by atoms with E-state index in [-0.39, 0.29) is 29.2 Å². The average molecular weight is 325 g/mol. The third-order valence-corrected chi connectivity index (χ3v) is 6.60. The van der Waals surface area contributed by atoms with Crippen LogP contribution >= 0.6 is 23.4 Å². The summed E-state index contributed by atoms with van der Waals surface area (Å²) in [5.74, 6) is -2.13. The van der Waals surface area contributed by atoms with Crippen LogP contribution in [0.15, 0.2) is 29.2 Å². The van der Waals surface area contributed by atoms with Crippen LogP contribution in [0.3, 0.4) is 0 Å². The summed E-state index contributed by atoms with van der Waals surface area (Å²) in [6.45, 7) is 0. The van der Waals surface area contributed by atoms with Crippen molar-refractivity contribution in [2.45, 2.75) is 22.7 Å². The first-order valence-corrected chi connectivity index (χ1v) is 8.17. The molecular formula is C15H13ClO4S. The third-order valence-electron chi connectivity index (χ3n) is 4.92. The predicted octanol–water partition coefficient (Wildman–Crippen LogP) is 2.69. The van der Waals surface area contributed by atoms with E-state index < -0.39 is 17.8 Å². The molecule has 4 nitrogen and oxygen atoms in total. The lowest BCUT2D eigenvalue weighted by atomic mass is 9.80. The molecule has 1 N–H and O–H groups in total. The Bertz CT molecular complexity index is 617. The van der Waals surface area contributed by atoms with Gasteiger partial charge >= 0.3 is 11.9 Å². The van der Waals surface area contributed by atoms with Crippen molar-refractivity contribution in [2.75, 3.05) is 0 Å². The van der Waals surface area contributed by atoms with Gasteiger partial charge in [-0.3, -0.25) is 9.59 Å². The van der Waals surface area contributed by atoms with Gasteiger partial charge in [0.15, 0.2) is 0 Å². The molecule has 21 heavy (non-hydrogen) atoms. The van der Waals surface area contributed by atoms with Crippen molar-refractivity contribution in [1.82, 2.24) is 0 Å². The first-order valence-electron chi connectivity index (χ1n) is 6.92. The minimum atomic E-state index is -0.869. The fraction of sp³-hybridized carbons (Fsp3) is 0.467. The monoisotopic (exact) mass is 324 g/mol. The van der Waals surface area contributed by atoms with Gasteiger partial charge in [0.25, 0.3) is 0 Å². The maximum absolute atomic E-state index is 11.9. The summed E-state index contributed by atoms with van der Waals surface area (Å²) in [5.41, 5.74) is 0. The molecule has 1 aromatic rings. The van der Waals surface area contributed by atoms with Crippen molar-refractivity contribution >= 4 is 35.3 Å². The SMILES string of the molecule is O=C(O)[C@@H]1[C@@H]2C[C@@H]3[C@H](OC(=O)[C@@H]31)[C@@H]2Sc1ccc(Cl)cc1. The second-order valence-corrected chi connectivity index (χ2v) is 7.58. The van der Waals surface area contributed by atoms with E-state index in [1.807, 2.05) is 24.3 Å². The fourth-order valence-corrected chi connectivity index (χ4v) is 5.73.